The van der Waals surface area contributed by atoms with Gasteiger partial charge < -0.3 is 20.2 Å². The molecule has 0 radical (unpaired) electrons. The Morgan fingerprint density at radius 2 is 2.03 bits per heavy atom. The number of carbonyl (C=O) groups is 2. The zero-order chi connectivity index (χ0) is 28.3. The van der Waals surface area contributed by atoms with E-state index in [2.05, 4.69) is 16.4 Å². The SMILES string of the molecule is COc1cn(C(Cc2coc(C)n2)C(=O)Nc2ccc(C(N)=O)c(F)c2)c(=O)cc1-c1cc(Cl)ccc1C#N. The number of pyridine rings is 1. The summed E-state index contributed by atoms with van der Waals surface area (Å²) in [5.41, 5.74) is 5.60. The summed E-state index contributed by atoms with van der Waals surface area (Å²) < 4.78 is 26.2. The first kappa shape index (κ1) is 27.1. The van der Waals surface area contributed by atoms with E-state index in [1.165, 1.54) is 43.8 Å². The highest BCUT2D eigenvalue weighted by molar-refractivity contribution is 6.31. The monoisotopic (exact) mass is 549 g/mol. The van der Waals surface area contributed by atoms with Crippen molar-refractivity contribution in [2.24, 2.45) is 5.73 Å². The standard InChI is InChI=1S/C27H21ClFN5O5/c1-14-32-18(13-39-14)9-23(27(37)33-17-5-6-19(26(31)36)22(29)8-17)34-12-24(38-2)21(10-25(34)35)20-7-16(28)4-3-15(20)11-30/h3-8,10,12-13,23H,9H2,1-2H3,(H2,31,36)(H,33,37). The van der Waals surface area contributed by atoms with Gasteiger partial charge in [0, 0.05) is 41.2 Å². The Hall–Kier alpha value is -4.95. The van der Waals surface area contributed by atoms with E-state index in [0.717, 1.165) is 16.7 Å². The number of aryl methyl sites for hydroxylation is 1. The van der Waals surface area contributed by atoms with Crippen LogP contribution in [0.25, 0.3) is 11.1 Å². The van der Waals surface area contributed by atoms with Crippen molar-refractivity contribution in [3.63, 3.8) is 0 Å². The number of ether oxygens (including phenoxy) is 1. The molecule has 0 spiro atoms. The fraction of sp³-hybridized carbons (Fsp3) is 0.148. The van der Waals surface area contributed by atoms with Gasteiger partial charge >= 0.3 is 0 Å². The van der Waals surface area contributed by atoms with E-state index in [4.69, 9.17) is 26.5 Å². The van der Waals surface area contributed by atoms with Crippen LogP contribution in [0, 0.1) is 24.1 Å². The number of primary amides is 1. The topological polar surface area (TPSA) is 153 Å². The number of aromatic nitrogens is 2. The number of halogens is 2. The Morgan fingerprint density at radius 3 is 2.64 bits per heavy atom. The first-order chi connectivity index (χ1) is 18.6. The Morgan fingerprint density at radius 1 is 1.26 bits per heavy atom. The van der Waals surface area contributed by atoms with E-state index >= 15 is 0 Å². The van der Waals surface area contributed by atoms with Crippen LogP contribution in [0.5, 0.6) is 5.75 Å². The van der Waals surface area contributed by atoms with E-state index in [0.29, 0.717) is 27.7 Å². The van der Waals surface area contributed by atoms with E-state index < -0.39 is 29.2 Å². The number of nitrogens with one attached hydrogen (secondary N) is 1. The average molecular weight is 550 g/mol. The van der Waals surface area contributed by atoms with Crippen molar-refractivity contribution in [2.75, 3.05) is 12.4 Å². The van der Waals surface area contributed by atoms with Gasteiger partial charge in [-0.15, -0.1) is 0 Å². The molecule has 12 heteroatoms. The van der Waals surface area contributed by atoms with E-state index in [1.807, 2.05) is 0 Å². The number of nitrogens with two attached hydrogens (primary N) is 1. The maximum absolute atomic E-state index is 14.3. The van der Waals surface area contributed by atoms with Gasteiger partial charge in [-0.2, -0.15) is 5.26 Å². The third kappa shape index (κ3) is 5.81. The number of hydrogen-bond acceptors (Lipinski definition) is 7. The molecule has 4 rings (SSSR count). The summed E-state index contributed by atoms with van der Waals surface area (Å²) in [6, 6.07) is 10.1. The molecule has 2 aromatic heterocycles. The number of anilines is 1. The maximum atomic E-state index is 14.3. The van der Waals surface area contributed by atoms with Crippen LogP contribution in [0.15, 0.2) is 64.1 Å². The van der Waals surface area contributed by atoms with Crippen LogP contribution in [-0.2, 0) is 11.2 Å². The number of nitriles is 1. The van der Waals surface area contributed by atoms with Crippen LogP contribution < -0.4 is 21.3 Å². The zero-order valence-electron chi connectivity index (χ0n) is 20.7. The number of rotatable bonds is 8. The van der Waals surface area contributed by atoms with E-state index in [-0.39, 0.29) is 29.0 Å². The summed E-state index contributed by atoms with van der Waals surface area (Å²) in [5, 5.41) is 12.5. The van der Waals surface area contributed by atoms with Gasteiger partial charge in [0.1, 0.15) is 23.9 Å². The van der Waals surface area contributed by atoms with E-state index in [1.54, 1.807) is 13.0 Å². The van der Waals surface area contributed by atoms with Gasteiger partial charge in [-0.1, -0.05) is 11.6 Å². The van der Waals surface area contributed by atoms with Gasteiger partial charge in [-0.05, 0) is 36.4 Å². The predicted molar refractivity (Wildman–Crippen MR) is 140 cm³/mol. The molecule has 0 fully saturated rings. The minimum Gasteiger partial charge on any atom is -0.495 e. The summed E-state index contributed by atoms with van der Waals surface area (Å²) in [5.74, 6) is -2.00. The summed E-state index contributed by atoms with van der Waals surface area (Å²) in [6.07, 6.45) is 2.64. The van der Waals surface area contributed by atoms with Crippen molar-refractivity contribution in [3.05, 3.63) is 98.8 Å². The van der Waals surface area contributed by atoms with Crippen LogP contribution in [0.2, 0.25) is 5.02 Å². The van der Waals surface area contributed by atoms with Crippen molar-refractivity contribution in [1.29, 1.82) is 5.26 Å². The molecule has 0 aliphatic rings. The lowest BCUT2D eigenvalue weighted by Crippen LogP contribution is -2.34. The second-order valence-electron chi connectivity index (χ2n) is 8.43. The molecule has 198 valence electrons. The third-order valence-corrected chi connectivity index (χ3v) is 6.10. The summed E-state index contributed by atoms with van der Waals surface area (Å²) in [6.45, 7) is 1.63. The zero-order valence-corrected chi connectivity index (χ0v) is 21.5. The lowest BCUT2D eigenvalue weighted by atomic mass is 10.00. The van der Waals surface area contributed by atoms with Gasteiger partial charge in [-0.25, -0.2) is 9.37 Å². The molecular formula is C27H21ClFN5O5. The normalized spacial score (nSPS) is 11.5. The van der Waals surface area contributed by atoms with Crippen molar-refractivity contribution in [1.82, 2.24) is 9.55 Å². The number of carbonyl (C=O) groups excluding carboxylic acids is 2. The molecule has 1 unspecified atom stereocenters. The average Bonchev–Trinajstić information content (AvgIpc) is 3.31. The molecule has 2 heterocycles. The Balaban J connectivity index is 1.79. The number of amides is 2. The van der Waals surface area contributed by atoms with Crippen LogP contribution in [-0.4, -0.2) is 28.5 Å². The third-order valence-electron chi connectivity index (χ3n) is 5.87. The molecule has 0 saturated heterocycles. The minimum absolute atomic E-state index is 0.0399. The maximum Gasteiger partial charge on any atom is 0.252 e. The largest absolute Gasteiger partial charge is 0.495 e. The van der Waals surface area contributed by atoms with Crippen LogP contribution >= 0.6 is 11.6 Å². The molecule has 10 nitrogen and oxygen atoms in total. The summed E-state index contributed by atoms with van der Waals surface area (Å²) in [4.78, 5) is 42.4. The Bertz CT molecular complexity index is 1690. The van der Waals surface area contributed by atoms with Gasteiger partial charge in [0.2, 0.25) is 5.91 Å². The first-order valence-corrected chi connectivity index (χ1v) is 11.8. The minimum atomic E-state index is -1.18. The van der Waals surface area contributed by atoms with Gasteiger partial charge in [0.05, 0.1) is 36.2 Å². The molecule has 0 aliphatic carbocycles. The van der Waals surface area contributed by atoms with Crippen molar-refractivity contribution in [3.8, 4) is 22.9 Å². The molecule has 4 aromatic rings. The van der Waals surface area contributed by atoms with Crippen LogP contribution in [0.1, 0.15) is 33.5 Å². The molecule has 3 N–H and O–H groups in total. The summed E-state index contributed by atoms with van der Waals surface area (Å²) in [7, 11) is 1.38. The Kier molecular flexibility index (Phi) is 7.78. The Labute approximate surface area is 226 Å². The van der Waals surface area contributed by atoms with Gasteiger partial charge in [0.15, 0.2) is 5.89 Å². The van der Waals surface area contributed by atoms with Crippen molar-refractivity contribution in [2.45, 2.75) is 19.4 Å². The van der Waals surface area contributed by atoms with Gasteiger partial charge in [-0.3, -0.25) is 19.0 Å². The molecule has 2 amide bonds. The number of hydrogen-bond donors (Lipinski definition) is 2. The molecule has 0 aliphatic heterocycles. The lowest BCUT2D eigenvalue weighted by molar-refractivity contribution is -0.119. The summed E-state index contributed by atoms with van der Waals surface area (Å²) >= 11 is 6.14. The second kappa shape index (κ2) is 11.2. The molecule has 1 atom stereocenters. The molecule has 0 saturated carbocycles. The number of nitrogens with zero attached hydrogens (tertiary/aromatic N) is 3. The van der Waals surface area contributed by atoms with Crippen LogP contribution in [0.3, 0.4) is 0 Å². The first-order valence-electron chi connectivity index (χ1n) is 11.4. The molecule has 0 bridgehead atoms. The lowest BCUT2D eigenvalue weighted by Gasteiger charge is -2.21. The van der Waals surface area contributed by atoms with Crippen molar-refractivity contribution < 1.29 is 23.1 Å². The highest BCUT2D eigenvalue weighted by Crippen LogP contribution is 2.33. The number of oxazole rings is 1. The smallest absolute Gasteiger partial charge is 0.252 e. The van der Waals surface area contributed by atoms with Crippen LogP contribution in [0.4, 0.5) is 10.1 Å². The highest BCUT2D eigenvalue weighted by Gasteiger charge is 2.26. The van der Waals surface area contributed by atoms with Gasteiger partial charge in [0.25, 0.3) is 11.5 Å². The number of benzene rings is 2. The van der Waals surface area contributed by atoms with Crippen molar-refractivity contribution >= 4 is 29.1 Å². The quantitative estimate of drug-likeness (QED) is 0.336. The molecule has 39 heavy (non-hydrogen) atoms. The predicted octanol–water partition coefficient (Wildman–Crippen LogP) is 4.01. The second-order valence-corrected chi connectivity index (χ2v) is 8.87. The fourth-order valence-electron chi connectivity index (χ4n) is 4.02. The molecular weight excluding hydrogens is 529 g/mol. The van der Waals surface area contributed by atoms with E-state index in [9.17, 15) is 24.0 Å². The fourth-order valence-corrected chi connectivity index (χ4v) is 4.19. The number of methoxy groups -OCH3 is 1. The highest BCUT2D eigenvalue weighted by atomic mass is 35.5. The molecule has 2 aromatic carbocycles.